The monoisotopic (exact) mass is 390 g/mol. The number of rotatable bonds is 4. The van der Waals surface area contributed by atoms with Crippen LogP contribution >= 0.6 is 0 Å². The van der Waals surface area contributed by atoms with Crippen molar-refractivity contribution in [1.29, 1.82) is 0 Å². The Labute approximate surface area is 170 Å². The van der Waals surface area contributed by atoms with Crippen LogP contribution in [0.15, 0.2) is 53.1 Å². The Kier molecular flexibility index (Phi) is 5.60. The van der Waals surface area contributed by atoms with E-state index >= 15 is 0 Å². The summed E-state index contributed by atoms with van der Waals surface area (Å²) in [5.74, 6) is 1.26. The third-order valence-electron chi connectivity index (χ3n) is 5.42. The van der Waals surface area contributed by atoms with E-state index in [1.54, 1.807) is 0 Å². The van der Waals surface area contributed by atoms with Gasteiger partial charge in [-0.15, -0.1) is 0 Å². The van der Waals surface area contributed by atoms with E-state index in [0.29, 0.717) is 18.3 Å². The first kappa shape index (κ1) is 19.2. The maximum absolute atomic E-state index is 12.8. The van der Waals surface area contributed by atoms with E-state index in [0.717, 1.165) is 48.2 Å². The van der Waals surface area contributed by atoms with Gasteiger partial charge in [-0.25, -0.2) is 4.79 Å². The summed E-state index contributed by atoms with van der Waals surface area (Å²) in [6.07, 6.45) is 2.73. The molecule has 2 amide bonds. The molecule has 29 heavy (non-hydrogen) atoms. The molecule has 1 aliphatic rings. The van der Waals surface area contributed by atoms with Crippen LogP contribution in [0.3, 0.4) is 0 Å². The molecule has 1 saturated heterocycles. The zero-order valence-corrected chi connectivity index (χ0v) is 16.9. The minimum atomic E-state index is -0.0750. The van der Waals surface area contributed by atoms with Crippen molar-refractivity contribution in [1.82, 2.24) is 15.0 Å². The van der Waals surface area contributed by atoms with Crippen molar-refractivity contribution in [3.63, 3.8) is 0 Å². The van der Waals surface area contributed by atoms with Crippen LogP contribution in [0.1, 0.15) is 42.7 Å². The number of nitrogens with one attached hydrogen (secondary N) is 1. The molecule has 0 aliphatic carbocycles. The van der Waals surface area contributed by atoms with Crippen LogP contribution in [0.4, 0.5) is 10.5 Å². The van der Waals surface area contributed by atoms with E-state index in [9.17, 15) is 4.79 Å². The molecule has 6 heteroatoms. The lowest BCUT2D eigenvalue weighted by molar-refractivity contribution is 0.184. The Hall–Kier alpha value is -3.15. The van der Waals surface area contributed by atoms with Gasteiger partial charge >= 0.3 is 6.03 Å². The van der Waals surface area contributed by atoms with Gasteiger partial charge in [0.2, 0.25) is 11.7 Å². The molecular weight excluding hydrogens is 364 g/mol. The Bertz CT molecular complexity index is 998. The molecule has 0 radical (unpaired) electrons. The third kappa shape index (κ3) is 4.31. The molecule has 2 aromatic carbocycles. The molecule has 150 valence electrons. The highest BCUT2D eigenvalue weighted by Crippen LogP contribution is 2.28. The molecule has 1 N–H and O–H groups in total. The SMILES string of the molecule is CCc1ccccc1NC(=O)N1CCC[C@@H](c2nc(-c3cccc(C)c3)no2)C1. The highest BCUT2D eigenvalue weighted by molar-refractivity contribution is 5.90. The summed E-state index contributed by atoms with van der Waals surface area (Å²) in [4.78, 5) is 19.3. The third-order valence-corrected chi connectivity index (χ3v) is 5.42. The van der Waals surface area contributed by atoms with Gasteiger partial charge < -0.3 is 14.7 Å². The summed E-state index contributed by atoms with van der Waals surface area (Å²) in [5, 5.41) is 7.22. The number of anilines is 1. The van der Waals surface area contributed by atoms with Crippen molar-refractivity contribution >= 4 is 11.7 Å². The Morgan fingerprint density at radius 3 is 2.93 bits per heavy atom. The molecule has 6 nitrogen and oxygen atoms in total. The maximum atomic E-state index is 12.8. The summed E-state index contributed by atoms with van der Waals surface area (Å²) >= 11 is 0. The van der Waals surface area contributed by atoms with E-state index in [2.05, 4.69) is 22.4 Å². The van der Waals surface area contributed by atoms with Gasteiger partial charge in [-0.3, -0.25) is 0 Å². The van der Waals surface area contributed by atoms with Crippen molar-refractivity contribution in [2.24, 2.45) is 0 Å². The van der Waals surface area contributed by atoms with Crippen LogP contribution in [0, 0.1) is 6.92 Å². The molecule has 1 atom stereocenters. The maximum Gasteiger partial charge on any atom is 0.321 e. The van der Waals surface area contributed by atoms with E-state index in [1.807, 2.05) is 60.4 Å². The van der Waals surface area contributed by atoms with Crippen LogP contribution in [0.25, 0.3) is 11.4 Å². The van der Waals surface area contributed by atoms with E-state index in [1.165, 1.54) is 0 Å². The Balaban J connectivity index is 1.45. The van der Waals surface area contributed by atoms with E-state index < -0.39 is 0 Å². The van der Waals surface area contributed by atoms with Crippen LogP contribution < -0.4 is 5.32 Å². The Morgan fingerprint density at radius 1 is 1.24 bits per heavy atom. The summed E-state index contributed by atoms with van der Waals surface area (Å²) in [7, 11) is 0. The first-order chi connectivity index (χ1) is 14.1. The topological polar surface area (TPSA) is 71.3 Å². The predicted molar refractivity (Wildman–Crippen MR) is 113 cm³/mol. The van der Waals surface area contributed by atoms with Gasteiger partial charge in [0.05, 0.1) is 5.92 Å². The van der Waals surface area contributed by atoms with Gasteiger partial charge in [0.1, 0.15) is 0 Å². The number of likely N-dealkylation sites (tertiary alicyclic amines) is 1. The second kappa shape index (κ2) is 8.47. The Morgan fingerprint density at radius 2 is 2.10 bits per heavy atom. The number of amides is 2. The highest BCUT2D eigenvalue weighted by atomic mass is 16.5. The zero-order chi connectivity index (χ0) is 20.2. The summed E-state index contributed by atoms with van der Waals surface area (Å²) < 4.78 is 5.56. The van der Waals surface area contributed by atoms with Crippen molar-refractivity contribution < 1.29 is 9.32 Å². The number of aromatic nitrogens is 2. The molecule has 0 bridgehead atoms. The lowest BCUT2D eigenvalue weighted by atomic mass is 9.98. The van der Waals surface area contributed by atoms with Gasteiger partial charge in [0.15, 0.2) is 0 Å². The molecule has 0 spiro atoms. The standard InChI is InChI=1S/C23H26N4O2/c1-3-17-9-4-5-12-20(17)24-23(28)27-13-7-11-19(15-27)22-25-21(26-29-22)18-10-6-8-16(2)14-18/h4-6,8-10,12,14,19H,3,7,11,13,15H2,1-2H3,(H,24,28)/t19-/m1/s1. The summed E-state index contributed by atoms with van der Waals surface area (Å²) in [6.45, 7) is 5.44. The number of hydrogen-bond acceptors (Lipinski definition) is 4. The number of carbonyl (C=O) groups excluding carboxylic acids is 1. The predicted octanol–water partition coefficient (Wildman–Crippen LogP) is 5.02. The molecule has 0 saturated carbocycles. The summed E-state index contributed by atoms with van der Waals surface area (Å²) in [5.41, 5.74) is 4.11. The summed E-state index contributed by atoms with van der Waals surface area (Å²) in [6, 6.07) is 15.9. The van der Waals surface area contributed by atoms with Crippen LogP contribution in [-0.2, 0) is 6.42 Å². The first-order valence-electron chi connectivity index (χ1n) is 10.2. The minimum Gasteiger partial charge on any atom is -0.339 e. The smallest absolute Gasteiger partial charge is 0.321 e. The average molecular weight is 390 g/mol. The van der Waals surface area contributed by atoms with Crippen LogP contribution in [0.5, 0.6) is 0 Å². The number of nitrogens with zero attached hydrogens (tertiary/aromatic N) is 3. The van der Waals surface area contributed by atoms with Gasteiger partial charge in [0.25, 0.3) is 0 Å². The molecule has 2 heterocycles. The number of piperidine rings is 1. The highest BCUT2D eigenvalue weighted by Gasteiger charge is 2.29. The van der Waals surface area contributed by atoms with Crippen LogP contribution in [-0.4, -0.2) is 34.2 Å². The normalized spacial score (nSPS) is 16.6. The molecular formula is C23H26N4O2. The molecule has 1 aliphatic heterocycles. The van der Waals surface area contributed by atoms with Crippen molar-refractivity contribution in [3.05, 3.63) is 65.5 Å². The van der Waals surface area contributed by atoms with Crippen molar-refractivity contribution in [2.45, 2.75) is 39.0 Å². The second-order valence-electron chi connectivity index (χ2n) is 7.55. The van der Waals surface area contributed by atoms with Crippen molar-refractivity contribution in [2.75, 3.05) is 18.4 Å². The molecule has 4 rings (SSSR count). The first-order valence-corrected chi connectivity index (χ1v) is 10.2. The van der Waals surface area contributed by atoms with Crippen molar-refractivity contribution in [3.8, 4) is 11.4 Å². The second-order valence-corrected chi connectivity index (χ2v) is 7.55. The van der Waals surface area contributed by atoms with Gasteiger partial charge in [-0.05, 0) is 43.9 Å². The van der Waals surface area contributed by atoms with Crippen LogP contribution in [0.2, 0.25) is 0 Å². The minimum absolute atomic E-state index is 0.0574. The lowest BCUT2D eigenvalue weighted by Crippen LogP contribution is -2.41. The molecule has 1 fully saturated rings. The van der Waals surface area contributed by atoms with E-state index in [4.69, 9.17) is 4.52 Å². The number of para-hydroxylation sites is 1. The average Bonchev–Trinajstić information content (AvgIpc) is 3.25. The van der Waals surface area contributed by atoms with Gasteiger partial charge in [-0.2, -0.15) is 4.98 Å². The number of aryl methyl sites for hydroxylation is 2. The largest absolute Gasteiger partial charge is 0.339 e. The number of benzene rings is 2. The van der Waals surface area contributed by atoms with Gasteiger partial charge in [-0.1, -0.05) is 54.0 Å². The van der Waals surface area contributed by atoms with E-state index in [-0.39, 0.29) is 11.9 Å². The zero-order valence-electron chi connectivity index (χ0n) is 16.9. The fourth-order valence-electron chi connectivity index (χ4n) is 3.81. The number of hydrogen-bond donors (Lipinski definition) is 1. The number of carbonyl (C=O) groups is 1. The lowest BCUT2D eigenvalue weighted by Gasteiger charge is -2.31. The fraction of sp³-hybridized carbons (Fsp3) is 0.348. The molecule has 0 unspecified atom stereocenters. The molecule has 1 aromatic heterocycles. The van der Waals surface area contributed by atoms with Gasteiger partial charge in [0, 0.05) is 24.3 Å². The fourth-order valence-corrected chi connectivity index (χ4v) is 3.81. The molecule has 3 aromatic rings. The quantitative estimate of drug-likeness (QED) is 0.679. The number of urea groups is 1.